The molecule has 0 saturated heterocycles. The van der Waals surface area contributed by atoms with Crippen molar-refractivity contribution in [2.75, 3.05) is 0 Å². The first-order valence-electron chi connectivity index (χ1n) is 6.67. The molecule has 1 aromatic heterocycles. The summed E-state index contributed by atoms with van der Waals surface area (Å²) in [7, 11) is 0. The molecule has 1 aromatic rings. The summed E-state index contributed by atoms with van der Waals surface area (Å²) in [6, 6.07) is 2.54. The van der Waals surface area contributed by atoms with Crippen LogP contribution in [0.3, 0.4) is 0 Å². The molecule has 0 spiro atoms. The molecule has 1 saturated carbocycles. The van der Waals surface area contributed by atoms with Gasteiger partial charge in [0.1, 0.15) is 0 Å². The minimum Gasteiger partial charge on any atom is -0.324 e. The number of nitrogens with zero attached hydrogens (tertiary/aromatic N) is 2. The summed E-state index contributed by atoms with van der Waals surface area (Å²) in [5.74, 6) is 0. The molecule has 96 valence electrons. The molecule has 3 heteroatoms. The van der Waals surface area contributed by atoms with Gasteiger partial charge in [-0.3, -0.25) is 4.68 Å². The quantitative estimate of drug-likeness (QED) is 0.875. The molecule has 1 aliphatic rings. The lowest BCUT2D eigenvalue weighted by Crippen LogP contribution is -2.50. The van der Waals surface area contributed by atoms with Crippen molar-refractivity contribution >= 4 is 0 Å². The van der Waals surface area contributed by atoms with Gasteiger partial charge in [0.05, 0.1) is 5.69 Å². The summed E-state index contributed by atoms with van der Waals surface area (Å²) in [5, 5.41) is 4.62. The summed E-state index contributed by atoms with van der Waals surface area (Å²) >= 11 is 0. The number of hydrogen-bond acceptors (Lipinski definition) is 2. The standard InChI is InChI=1S/C14H25N3/c1-11(2)17-9-6-12(16-17)10-14(15)8-5-7-13(14,3)4/h6,9,11H,5,7-8,10,15H2,1-4H3. The van der Waals surface area contributed by atoms with Crippen molar-refractivity contribution < 1.29 is 0 Å². The van der Waals surface area contributed by atoms with Crippen molar-refractivity contribution in [1.82, 2.24) is 9.78 Å². The monoisotopic (exact) mass is 235 g/mol. The molecule has 1 atom stereocenters. The van der Waals surface area contributed by atoms with Gasteiger partial charge < -0.3 is 5.73 Å². The highest BCUT2D eigenvalue weighted by Gasteiger charge is 2.45. The average Bonchev–Trinajstić information content (AvgIpc) is 2.74. The molecule has 1 unspecified atom stereocenters. The van der Waals surface area contributed by atoms with Gasteiger partial charge in [-0.15, -0.1) is 0 Å². The van der Waals surface area contributed by atoms with Crippen molar-refractivity contribution in [2.45, 2.75) is 65.0 Å². The lowest BCUT2D eigenvalue weighted by Gasteiger charge is -2.37. The van der Waals surface area contributed by atoms with E-state index in [2.05, 4.69) is 45.1 Å². The molecule has 0 bridgehead atoms. The Morgan fingerprint density at radius 2 is 2.12 bits per heavy atom. The maximum absolute atomic E-state index is 6.60. The molecule has 3 nitrogen and oxygen atoms in total. The van der Waals surface area contributed by atoms with Gasteiger partial charge in [0.15, 0.2) is 0 Å². The van der Waals surface area contributed by atoms with Crippen LogP contribution in [0.4, 0.5) is 0 Å². The Bertz CT molecular complexity index is 392. The summed E-state index contributed by atoms with van der Waals surface area (Å²) < 4.78 is 2.01. The molecule has 1 heterocycles. The molecule has 17 heavy (non-hydrogen) atoms. The lowest BCUT2D eigenvalue weighted by molar-refractivity contribution is 0.205. The number of hydrogen-bond donors (Lipinski definition) is 1. The van der Waals surface area contributed by atoms with Crippen LogP contribution in [0.15, 0.2) is 12.3 Å². The Kier molecular flexibility index (Phi) is 3.06. The van der Waals surface area contributed by atoms with Gasteiger partial charge in [-0.2, -0.15) is 5.10 Å². The zero-order valence-electron chi connectivity index (χ0n) is 11.5. The number of rotatable bonds is 3. The van der Waals surface area contributed by atoms with Crippen LogP contribution in [0.5, 0.6) is 0 Å². The Hall–Kier alpha value is -0.830. The fourth-order valence-electron chi connectivity index (χ4n) is 2.84. The minimum atomic E-state index is -0.0802. The van der Waals surface area contributed by atoms with E-state index in [4.69, 9.17) is 5.73 Å². The van der Waals surface area contributed by atoms with Crippen molar-refractivity contribution in [3.63, 3.8) is 0 Å². The van der Waals surface area contributed by atoms with E-state index in [0.29, 0.717) is 6.04 Å². The topological polar surface area (TPSA) is 43.8 Å². The molecular formula is C14H25N3. The molecule has 0 aliphatic heterocycles. The second-order valence-electron chi connectivity index (χ2n) is 6.45. The molecule has 0 radical (unpaired) electrons. The van der Waals surface area contributed by atoms with Crippen molar-refractivity contribution in [3.05, 3.63) is 18.0 Å². The zero-order chi connectivity index (χ0) is 12.7. The van der Waals surface area contributed by atoms with Gasteiger partial charge in [0.25, 0.3) is 0 Å². The van der Waals surface area contributed by atoms with Gasteiger partial charge in [-0.25, -0.2) is 0 Å². The Labute approximate surface area is 104 Å². The third-order valence-electron chi connectivity index (χ3n) is 4.46. The first-order valence-corrected chi connectivity index (χ1v) is 6.67. The maximum atomic E-state index is 6.60. The molecule has 2 rings (SSSR count). The molecule has 0 amide bonds. The van der Waals surface area contributed by atoms with Crippen LogP contribution >= 0.6 is 0 Å². The average molecular weight is 235 g/mol. The normalized spacial score (nSPS) is 27.9. The first-order chi connectivity index (χ1) is 7.84. The SMILES string of the molecule is CC(C)n1ccc(CC2(N)CCCC2(C)C)n1. The molecular weight excluding hydrogens is 210 g/mol. The second kappa shape index (κ2) is 4.13. The molecule has 1 fully saturated rings. The van der Waals surface area contributed by atoms with Crippen molar-refractivity contribution in [2.24, 2.45) is 11.1 Å². The van der Waals surface area contributed by atoms with Crippen LogP contribution in [0.1, 0.15) is 58.7 Å². The highest BCUT2D eigenvalue weighted by molar-refractivity contribution is 5.12. The minimum absolute atomic E-state index is 0.0802. The van der Waals surface area contributed by atoms with E-state index in [-0.39, 0.29) is 11.0 Å². The van der Waals surface area contributed by atoms with Gasteiger partial charge in [-0.05, 0) is 38.2 Å². The highest BCUT2D eigenvalue weighted by atomic mass is 15.3. The van der Waals surface area contributed by atoms with Crippen LogP contribution in [-0.2, 0) is 6.42 Å². The highest BCUT2D eigenvalue weighted by Crippen LogP contribution is 2.45. The van der Waals surface area contributed by atoms with E-state index in [1.54, 1.807) is 0 Å². The smallest absolute Gasteiger partial charge is 0.0643 e. The van der Waals surface area contributed by atoms with Gasteiger partial charge in [0.2, 0.25) is 0 Å². The summed E-state index contributed by atoms with van der Waals surface area (Å²) in [4.78, 5) is 0. The predicted octanol–water partition coefficient (Wildman–Crippen LogP) is 2.91. The third-order valence-corrected chi connectivity index (χ3v) is 4.46. The lowest BCUT2D eigenvalue weighted by atomic mass is 9.73. The Morgan fingerprint density at radius 3 is 2.59 bits per heavy atom. The van der Waals surface area contributed by atoms with Crippen molar-refractivity contribution in [1.29, 1.82) is 0 Å². The van der Waals surface area contributed by atoms with Gasteiger partial charge >= 0.3 is 0 Å². The Balaban J connectivity index is 2.15. The predicted molar refractivity (Wildman–Crippen MR) is 70.9 cm³/mol. The summed E-state index contributed by atoms with van der Waals surface area (Å²) in [5.41, 5.74) is 7.89. The van der Waals surface area contributed by atoms with Crippen LogP contribution in [0.2, 0.25) is 0 Å². The third kappa shape index (κ3) is 2.25. The van der Waals surface area contributed by atoms with E-state index >= 15 is 0 Å². The van der Waals surface area contributed by atoms with E-state index in [9.17, 15) is 0 Å². The van der Waals surface area contributed by atoms with E-state index in [1.807, 2.05) is 4.68 Å². The molecule has 1 aliphatic carbocycles. The van der Waals surface area contributed by atoms with Gasteiger partial charge in [0, 0.05) is 24.2 Å². The van der Waals surface area contributed by atoms with Crippen LogP contribution < -0.4 is 5.73 Å². The van der Waals surface area contributed by atoms with E-state index < -0.39 is 0 Å². The summed E-state index contributed by atoms with van der Waals surface area (Å²) in [6.45, 7) is 8.88. The fourth-order valence-corrected chi connectivity index (χ4v) is 2.84. The van der Waals surface area contributed by atoms with Crippen LogP contribution in [-0.4, -0.2) is 15.3 Å². The Morgan fingerprint density at radius 1 is 1.41 bits per heavy atom. The van der Waals surface area contributed by atoms with E-state index in [0.717, 1.165) is 18.5 Å². The van der Waals surface area contributed by atoms with Crippen LogP contribution in [0.25, 0.3) is 0 Å². The fraction of sp³-hybridized carbons (Fsp3) is 0.786. The summed E-state index contributed by atoms with van der Waals surface area (Å²) in [6.07, 6.45) is 6.56. The van der Waals surface area contributed by atoms with Crippen molar-refractivity contribution in [3.8, 4) is 0 Å². The molecule has 2 N–H and O–H groups in total. The van der Waals surface area contributed by atoms with E-state index in [1.165, 1.54) is 12.8 Å². The van der Waals surface area contributed by atoms with Crippen LogP contribution in [0, 0.1) is 5.41 Å². The first kappa shape index (κ1) is 12.6. The largest absolute Gasteiger partial charge is 0.324 e. The number of nitrogens with two attached hydrogens (primary N) is 1. The maximum Gasteiger partial charge on any atom is 0.0643 e. The van der Waals surface area contributed by atoms with Gasteiger partial charge in [-0.1, -0.05) is 20.3 Å². The zero-order valence-corrected chi connectivity index (χ0v) is 11.5. The second-order valence-corrected chi connectivity index (χ2v) is 6.45. The number of aromatic nitrogens is 2. The molecule has 0 aromatic carbocycles.